The van der Waals surface area contributed by atoms with Gasteiger partial charge >= 0.3 is 0 Å². The second kappa shape index (κ2) is 13.5. The number of benzene rings is 2. The number of hydrogen-bond acceptors (Lipinski definition) is 6. The standard InChI is InChI=1S/C30H41ClFN7O/c1-20-26(32)9-8-25(31)29(20)21(2)39-11-10-35-30(34-3)27(39)17-23(33)18-28(40)36-24-7-5-6-22(16-24)19-38-14-12-37(4)13-15-38/h5-9,16-17,21,34-35H,10-15,18-19,33H2,1-4H3,(H,36,40)/p+1/b23-17-. The molecule has 0 aliphatic carbocycles. The second-order valence-corrected chi connectivity index (χ2v) is 11.1. The Morgan fingerprint density at radius 1 is 1.20 bits per heavy atom. The van der Waals surface area contributed by atoms with E-state index in [1.165, 1.54) is 11.6 Å². The van der Waals surface area contributed by atoms with Gasteiger partial charge < -0.3 is 31.5 Å². The molecule has 2 aromatic carbocycles. The van der Waals surface area contributed by atoms with Crippen molar-refractivity contribution in [3.05, 3.63) is 87.2 Å². The fourth-order valence-corrected chi connectivity index (χ4v) is 5.80. The summed E-state index contributed by atoms with van der Waals surface area (Å²) in [4.78, 5) is 19.9. The van der Waals surface area contributed by atoms with E-state index in [1.54, 1.807) is 13.0 Å². The Morgan fingerprint density at radius 3 is 2.67 bits per heavy atom. The highest BCUT2D eigenvalue weighted by Crippen LogP contribution is 2.35. The van der Waals surface area contributed by atoms with Crippen molar-refractivity contribution >= 4 is 23.2 Å². The van der Waals surface area contributed by atoms with Crippen LogP contribution in [-0.4, -0.2) is 74.0 Å². The Bertz CT molecular complexity index is 1270. The molecule has 0 aromatic heterocycles. The smallest absolute Gasteiger partial charge is 0.234 e. The van der Waals surface area contributed by atoms with Crippen molar-refractivity contribution in [1.82, 2.24) is 25.3 Å². The number of anilines is 1. The first kappa shape index (κ1) is 29.9. The number of hydrogen-bond donors (Lipinski definition) is 4. The van der Waals surface area contributed by atoms with Gasteiger partial charge in [0.15, 0.2) is 0 Å². The van der Waals surface area contributed by atoms with Crippen molar-refractivity contribution in [2.24, 2.45) is 0 Å². The van der Waals surface area contributed by atoms with Gasteiger partial charge in [0.25, 0.3) is 0 Å². The minimum absolute atomic E-state index is 0.128. The number of rotatable bonds is 9. The maximum atomic E-state index is 14.4. The number of allylic oxidation sites excluding steroid dienone is 1. The Morgan fingerprint density at radius 2 is 1.95 bits per heavy atom. The number of likely N-dealkylation sites (N-methyl/N-ethyl adjacent to an activating group) is 1. The van der Waals surface area contributed by atoms with Crippen LogP contribution in [0, 0.1) is 12.7 Å². The van der Waals surface area contributed by atoms with E-state index in [9.17, 15) is 9.18 Å². The molecule has 6 N–H and O–H groups in total. The summed E-state index contributed by atoms with van der Waals surface area (Å²) in [5.74, 6) is 0.414. The molecule has 1 fully saturated rings. The maximum Gasteiger partial charge on any atom is 0.234 e. The number of nitrogens with zero attached hydrogens (tertiary/aromatic N) is 3. The van der Waals surface area contributed by atoms with E-state index >= 15 is 0 Å². The van der Waals surface area contributed by atoms with Crippen molar-refractivity contribution in [2.75, 3.05) is 58.7 Å². The van der Waals surface area contributed by atoms with E-state index < -0.39 is 0 Å². The lowest BCUT2D eigenvalue weighted by molar-refractivity contribution is -0.305. The number of halogens is 2. The number of amides is 1. The highest BCUT2D eigenvalue weighted by Gasteiger charge is 2.27. The van der Waals surface area contributed by atoms with Gasteiger partial charge in [-0.25, -0.2) is 4.39 Å². The van der Waals surface area contributed by atoms with Crippen molar-refractivity contribution < 1.29 is 14.9 Å². The predicted octanol–water partition coefficient (Wildman–Crippen LogP) is 3.04. The van der Waals surface area contributed by atoms with E-state index in [4.69, 9.17) is 11.6 Å². The molecule has 1 amide bonds. The van der Waals surface area contributed by atoms with Gasteiger partial charge in [-0.15, -0.1) is 0 Å². The summed E-state index contributed by atoms with van der Waals surface area (Å²) in [6.45, 7) is 10.3. The molecule has 1 atom stereocenters. The van der Waals surface area contributed by atoms with Crippen molar-refractivity contribution in [2.45, 2.75) is 32.9 Å². The first-order chi connectivity index (χ1) is 19.2. The van der Waals surface area contributed by atoms with Gasteiger partial charge in [0.2, 0.25) is 5.91 Å². The zero-order chi connectivity index (χ0) is 28.8. The molecule has 1 saturated heterocycles. The first-order valence-corrected chi connectivity index (χ1v) is 14.2. The second-order valence-electron chi connectivity index (χ2n) is 10.7. The normalized spacial score (nSPS) is 18.0. The predicted molar refractivity (Wildman–Crippen MR) is 159 cm³/mol. The quantitative estimate of drug-likeness (QED) is 0.371. The van der Waals surface area contributed by atoms with E-state index in [0.29, 0.717) is 29.4 Å². The summed E-state index contributed by atoms with van der Waals surface area (Å²) in [6, 6.07) is 10.9. The molecule has 2 aliphatic rings. The SMILES string of the molecule is CNC1=C(/C=C(\[NH3+])CC(=O)Nc2cccc(CN3CCN(C)CC3)c2)N(C(C)c2c(Cl)ccc(F)c2C)CCN1. The van der Waals surface area contributed by atoms with E-state index in [2.05, 4.69) is 49.5 Å². The number of quaternary nitrogens is 1. The highest BCUT2D eigenvalue weighted by atomic mass is 35.5. The fraction of sp³-hybridized carbons (Fsp3) is 0.433. The molecule has 216 valence electrons. The van der Waals surface area contributed by atoms with E-state index in [0.717, 1.165) is 55.5 Å². The minimum atomic E-state index is -0.279. The molecule has 0 radical (unpaired) electrons. The van der Waals surface area contributed by atoms with Crippen LogP contribution in [0.4, 0.5) is 10.1 Å². The van der Waals surface area contributed by atoms with Gasteiger partial charge in [-0.1, -0.05) is 23.7 Å². The molecule has 2 aliphatic heterocycles. The van der Waals surface area contributed by atoms with Crippen LogP contribution in [0.2, 0.25) is 5.02 Å². The highest BCUT2D eigenvalue weighted by molar-refractivity contribution is 6.31. The molecule has 40 heavy (non-hydrogen) atoms. The molecule has 8 nitrogen and oxygen atoms in total. The van der Waals surface area contributed by atoms with Crippen LogP contribution >= 0.6 is 11.6 Å². The molecular weight excluding hydrogens is 529 g/mol. The molecule has 0 spiro atoms. The molecule has 2 aromatic rings. The number of nitrogens with one attached hydrogen (secondary N) is 3. The van der Waals surface area contributed by atoms with E-state index in [-0.39, 0.29) is 24.2 Å². The van der Waals surface area contributed by atoms with Crippen molar-refractivity contribution in [3.8, 4) is 0 Å². The Labute approximate surface area is 242 Å². The molecule has 0 saturated carbocycles. The third-order valence-electron chi connectivity index (χ3n) is 7.69. The molecule has 1 unspecified atom stereocenters. The topological polar surface area (TPSA) is 90.5 Å². The fourth-order valence-electron chi connectivity index (χ4n) is 5.43. The van der Waals surface area contributed by atoms with Crippen LogP contribution in [0.1, 0.15) is 36.1 Å². The third-order valence-corrected chi connectivity index (χ3v) is 8.02. The molecule has 4 rings (SSSR count). The van der Waals surface area contributed by atoms with Crippen molar-refractivity contribution in [1.29, 1.82) is 0 Å². The summed E-state index contributed by atoms with van der Waals surface area (Å²) in [7, 11) is 3.99. The lowest BCUT2D eigenvalue weighted by Crippen LogP contribution is -2.50. The average Bonchev–Trinajstić information content (AvgIpc) is 2.92. The van der Waals surface area contributed by atoms with Gasteiger partial charge in [0.1, 0.15) is 23.8 Å². The molecule has 10 heteroatoms. The van der Waals surface area contributed by atoms with Gasteiger partial charge in [-0.3, -0.25) is 9.69 Å². The summed E-state index contributed by atoms with van der Waals surface area (Å²) < 4.78 is 14.4. The zero-order valence-electron chi connectivity index (χ0n) is 24.0. The maximum absolute atomic E-state index is 14.4. The number of carbonyl (C=O) groups is 1. The Balaban J connectivity index is 1.46. The lowest BCUT2D eigenvalue weighted by atomic mass is 9.99. The van der Waals surface area contributed by atoms with E-state index in [1.807, 2.05) is 38.2 Å². The van der Waals surface area contributed by atoms with Crippen LogP contribution in [0.25, 0.3) is 0 Å². The monoisotopic (exact) mass is 570 g/mol. The first-order valence-electron chi connectivity index (χ1n) is 13.9. The third kappa shape index (κ3) is 7.34. The van der Waals surface area contributed by atoms with Gasteiger partial charge in [0.05, 0.1) is 11.7 Å². The average molecular weight is 571 g/mol. The summed E-state index contributed by atoms with van der Waals surface area (Å²) in [5.41, 5.74) is 8.96. The summed E-state index contributed by atoms with van der Waals surface area (Å²) in [6.07, 6.45) is 2.06. The Hall–Kier alpha value is -3.11. The van der Waals surface area contributed by atoms with Gasteiger partial charge in [-0.2, -0.15) is 0 Å². The van der Waals surface area contributed by atoms with Crippen LogP contribution in [0.5, 0.6) is 0 Å². The van der Waals surface area contributed by atoms with Crippen LogP contribution in [0.15, 0.2) is 59.7 Å². The van der Waals surface area contributed by atoms with Crippen LogP contribution < -0.4 is 21.7 Å². The molecular formula is C30H42ClFN7O+. The minimum Gasteiger partial charge on any atom is -0.373 e. The summed E-state index contributed by atoms with van der Waals surface area (Å²) >= 11 is 6.53. The zero-order valence-corrected chi connectivity index (χ0v) is 24.7. The summed E-state index contributed by atoms with van der Waals surface area (Å²) in [5, 5.41) is 10.2. The van der Waals surface area contributed by atoms with Crippen LogP contribution in [0.3, 0.4) is 0 Å². The number of carbonyl (C=O) groups excluding carboxylic acids is 1. The molecule has 0 bridgehead atoms. The van der Waals surface area contributed by atoms with Crippen LogP contribution in [-0.2, 0) is 11.3 Å². The lowest BCUT2D eigenvalue weighted by Gasteiger charge is -2.38. The Kier molecular flexibility index (Phi) is 10.1. The molecule has 2 heterocycles. The van der Waals surface area contributed by atoms with Crippen molar-refractivity contribution in [3.63, 3.8) is 0 Å². The van der Waals surface area contributed by atoms with Gasteiger partial charge in [0, 0.05) is 69.6 Å². The van der Waals surface area contributed by atoms with Gasteiger partial charge in [-0.05, 0) is 61.9 Å². The number of piperazine rings is 1. The largest absolute Gasteiger partial charge is 0.373 e.